The maximum Gasteiger partial charge on any atom is 0.573 e. The molecule has 2 aromatic rings. The van der Waals surface area contributed by atoms with Crippen molar-refractivity contribution < 1.29 is 32.9 Å². The zero-order valence-electron chi connectivity index (χ0n) is 17.7. The second-order valence-electron chi connectivity index (χ2n) is 7.60. The van der Waals surface area contributed by atoms with E-state index in [1.54, 1.807) is 17.2 Å². The Kier molecular flexibility index (Phi) is 7.83. The number of aliphatic hydroxyl groups excluding tert-OH is 2. The van der Waals surface area contributed by atoms with Gasteiger partial charge in [0.05, 0.1) is 23.4 Å². The molecule has 3 rings (SSSR count). The third-order valence-corrected chi connectivity index (χ3v) is 5.32. The van der Waals surface area contributed by atoms with Crippen molar-refractivity contribution >= 4 is 28.9 Å². The van der Waals surface area contributed by atoms with E-state index in [1.807, 2.05) is 6.08 Å². The summed E-state index contributed by atoms with van der Waals surface area (Å²) < 4.78 is 41.1. The van der Waals surface area contributed by atoms with E-state index in [0.717, 1.165) is 11.6 Å². The quantitative estimate of drug-likeness (QED) is 0.571. The molecule has 1 aromatic heterocycles. The lowest BCUT2D eigenvalue weighted by molar-refractivity contribution is -0.274. The highest BCUT2D eigenvalue weighted by Gasteiger charge is 2.31. The molecule has 7 nitrogen and oxygen atoms in total. The van der Waals surface area contributed by atoms with Gasteiger partial charge < -0.3 is 25.2 Å². The maximum atomic E-state index is 12.6. The number of halogens is 4. The van der Waals surface area contributed by atoms with Crippen LogP contribution in [0.5, 0.6) is 5.75 Å². The van der Waals surface area contributed by atoms with Crippen molar-refractivity contribution in [2.24, 2.45) is 0 Å². The van der Waals surface area contributed by atoms with Crippen LogP contribution in [0.25, 0.3) is 5.57 Å². The number of rotatable bonds is 6. The number of amides is 2. The van der Waals surface area contributed by atoms with Crippen molar-refractivity contribution in [1.82, 2.24) is 9.88 Å². The molecular weight excluding hydrogens is 463 g/mol. The topological polar surface area (TPSA) is 94.9 Å². The van der Waals surface area contributed by atoms with E-state index in [-0.39, 0.29) is 30.4 Å². The largest absolute Gasteiger partial charge is 0.573 e. The van der Waals surface area contributed by atoms with Crippen LogP contribution in [0.2, 0.25) is 5.02 Å². The predicted octanol–water partition coefficient (Wildman–Crippen LogP) is 4.16. The van der Waals surface area contributed by atoms with Crippen LogP contribution in [0.1, 0.15) is 23.2 Å². The minimum absolute atomic E-state index is 0.235. The number of nitrogens with one attached hydrogen (secondary N) is 1. The lowest BCUT2D eigenvalue weighted by atomic mass is 10.0. The van der Waals surface area contributed by atoms with Crippen molar-refractivity contribution in [1.29, 1.82) is 0 Å². The third-order valence-electron chi connectivity index (χ3n) is 5.03. The molecule has 1 atom stereocenters. The number of carbonyl (C=O) groups excluding carboxylic acids is 1. The lowest BCUT2D eigenvalue weighted by Crippen LogP contribution is -2.38. The van der Waals surface area contributed by atoms with Crippen molar-refractivity contribution in [3.05, 3.63) is 58.4 Å². The fraction of sp³-hybridized carbons (Fsp3) is 0.364. The van der Waals surface area contributed by atoms with Crippen molar-refractivity contribution in [2.75, 3.05) is 25.0 Å². The molecule has 1 aliphatic rings. The predicted molar refractivity (Wildman–Crippen MR) is 117 cm³/mol. The zero-order valence-corrected chi connectivity index (χ0v) is 18.5. The Morgan fingerprint density at radius 1 is 1.36 bits per heavy atom. The van der Waals surface area contributed by atoms with Crippen LogP contribution in [0, 0.1) is 6.92 Å². The van der Waals surface area contributed by atoms with Crippen LogP contribution in [-0.2, 0) is 6.42 Å². The van der Waals surface area contributed by atoms with Gasteiger partial charge in [-0.25, -0.2) is 4.79 Å². The maximum absolute atomic E-state index is 12.6. The van der Waals surface area contributed by atoms with E-state index in [2.05, 4.69) is 15.0 Å². The fourth-order valence-electron chi connectivity index (χ4n) is 3.40. The smallest absolute Gasteiger partial charge is 0.406 e. The first-order valence-corrected chi connectivity index (χ1v) is 10.5. The van der Waals surface area contributed by atoms with E-state index in [0.29, 0.717) is 41.5 Å². The summed E-state index contributed by atoms with van der Waals surface area (Å²) in [5.74, 6) is -0.327. The van der Waals surface area contributed by atoms with Crippen LogP contribution in [0.15, 0.2) is 36.5 Å². The number of nitrogens with zero attached hydrogens (tertiary/aromatic N) is 2. The second kappa shape index (κ2) is 10.4. The van der Waals surface area contributed by atoms with E-state index in [4.69, 9.17) is 16.7 Å². The van der Waals surface area contributed by atoms with Gasteiger partial charge in [0.25, 0.3) is 0 Å². The third kappa shape index (κ3) is 6.83. The SMILES string of the molecule is Cc1cc(NC(=O)N2CC=C(c3ncc(C[C@@H](O)CO)cc3Cl)CC2)ccc1OC(F)(F)F. The van der Waals surface area contributed by atoms with Gasteiger partial charge in [-0.1, -0.05) is 17.7 Å². The first-order valence-electron chi connectivity index (χ1n) is 10.1. The summed E-state index contributed by atoms with van der Waals surface area (Å²) in [4.78, 5) is 18.5. The lowest BCUT2D eigenvalue weighted by Gasteiger charge is -2.27. The molecule has 0 radical (unpaired) electrons. The minimum Gasteiger partial charge on any atom is -0.406 e. The molecule has 3 N–H and O–H groups in total. The number of aliphatic hydroxyl groups is 2. The summed E-state index contributed by atoms with van der Waals surface area (Å²) in [6.45, 7) is 1.81. The van der Waals surface area contributed by atoms with Gasteiger partial charge in [0.1, 0.15) is 5.75 Å². The van der Waals surface area contributed by atoms with E-state index in [9.17, 15) is 23.1 Å². The van der Waals surface area contributed by atoms with Gasteiger partial charge in [0, 0.05) is 31.4 Å². The van der Waals surface area contributed by atoms with Crippen LogP contribution in [0.4, 0.5) is 23.7 Å². The highest BCUT2D eigenvalue weighted by Crippen LogP contribution is 2.30. The van der Waals surface area contributed by atoms with Crippen LogP contribution in [0.3, 0.4) is 0 Å². The van der Waals surface area contributed by atoms with Gasteiger partial charge in [0.15, 0.2) is 0 Å². The molecule has 0 aliphatic carbocycles. The average Bonchev–Trinajstić information content (AvgIpc) is 2.75. The zero-order chi connectivity index (χ0) is 24.2. The molecule has 2 heterocycles. The van der Waals surface area contributed by atoms with Crippen LogP contribution < -0.4 is 10.1 Å². The Morgan fingerprint density at radius 3 is 2.70 bits per heavy atom. The Balaban J connectivity index is 1.61. The average molecular weight is 486 g/mol. The number of benzene rings is 1. The van der Waals surface area contributed by atoms with Crippen molar-refractivity contribution in [3.63, 3.8) is 0 Å². The summed E-state index contributed by atoms with van der Waals surface area (Å²) in [6, 6.07) is 5.21. The molecule has 0 saturated heterocycles. The number of ether oxygens (including phenoxy) is 1. The summed E-state index contributed by atoms with van der Waals surface area (Å²) in [5.41, 5.74) is 2.76. The summed E-state index contributed by atoms with van der Waals surface area (Å²) in [5, 5.41) is 21.6. The Hall–Kier alpha value is -2.82. The fourth-order valence-corrected chi connectivity index (χ4v) is 3.71. The van der Waals surface area contributed by atoms with Crippen LogP contribution >= 0.6 is 11.6 Å². The Morgan fingerprint density at radius 2 is 2.12 bits per heavy atom. The van der Waals surface area contributed by atoms with Crippen molar-refractivity contribution in [3.8, 4) is 5.75 Å². The van der Waals surface area contributed by atoms with Gasteiger partial charge in [-0.05, 0) is 54.3 Å². The molecule has 2 amide bonds. The molecule has 0 fully saturated rings. The normalized spacial score (nSPS) is 15.1. The molecule has 0 unspecified atom stereocenters. The number of hydrogen-bond donors (Lipinski definition) is 3. The monoisotopic (exact) mass is 485 g/mol. The summed E-state index contributed by atoms with van der Waals surface area (Å²) >= 11 is 6.34. The number of anilines is 1. The molecule has 11 heteroatoms. The number of carbonyl (C=O) groups is 1. The molecular formula is C22H23ClF3N3O4. The summed E-state index contributed by atoms with van der Waals surface area (Å²) in [7, 11) is 0. The first-order chi connectivity index (χ1) is 15.6. The molecule has 0 spiro atoms. The number of alkyl halides is 3. The van der Waals surface area contributed by atoms with Crippen molar-refractivity contribution in [2.45, 2.75) is 32.2 Å². The minimum atomic E-state index is -4.79. The molecule has 1 aromatic carbocycles. The number of aromatic nitrogens is 1. The molecule has 0 saturated carbocycles. The summed E-state index contributed by atoms with van der Waals surface area (Å²) in [6.07, 6.45) is -1.49. The standard InChI is InChI=1S/C22H23ClF3N3O4/c1-13-8-16(2-3-19(13)33-22(24,25)26)28-21(32)29-6-4-15(5-7-29)20-18(23)10-14(11-27-20)9-17(31)12-30/h2-4,8,10-11,17,30-31H,5-7,9,12H2,1H3,(H,28,32)/t17-/m1/s1. The van der Waals surface area contributed by atoms with E-state index in [1.165, 1.54) is 19.1 Å². The van der Waals surface area contributed by atoms with Gasteiger partial charge in [-0.2, -0.15) is 0 Å². The Labute approximate surface area is 193 Å². The van der Waals surface area contributed by atoms with Gasteiger partial charge in [-0.3, -0.25) is 4.98 Å². The molecule has 33 heavy (non-hydrogen) atoms. The molecule has 0 bridgehead atoms. The number of urea groups is 1. The van der Waals surface area contributed by atoms with E-state index < -0.39 is 12.5 Å². The number of aryl methyl sites for hydroxylation is 1. The van der Waals surface area contributed by atoms with Crippen LogP contribution in [-0.4, -0.2) is 58.3 Å². The molecule has 178 valence electrons. The van der Waals surface area contributed by atoms with Gasteiger partial charge in [-0.15, -0.1) is 13.2 Å². The van der Waals surface area contributed by atoms with Gasteiger partial charge in [0.2, 0.25) is 0 Å². The second-order valence-corrected chi connectivity index (χ2v) is 8.01. The number of hydrogen-bond acceptors (Lipinski definition) is 5. The highest BCUT2D eigenvalue weighted by molar-refractivity contribution is 6.32. The Bertz CT molecular complexity index is 1050. The highest BCUT2D eigenvalue weighted by atomic mass is 35.5. The molecule has 1 aliphatic heterocycles. The first kappa shape index (κ1) is 24.8. The van der Waals surface area contributed by atoms with E-state index >= 15 is 0 Å². The number of pyridine rings is 1. The van der Waals surface area contributed by atoms with Gasteiger partial charge >= 0.3 is 12.4 Å².